The zero-order valence-corrected chi connectivity index (χ0v) is 22.0. The minimum Gasteiger partial charge on any atom is -0.324 e. The van der Waals surface area contributed by atoms with Gasteiger partial charge in [0.05, 0.1) is 11.8 Å². The van der Waals surface area contributed by atoms with Crippen molar-refractivity contribution in [1.29, 1.82) is 0 Å². The van der Waals surface area contributed by atoms with Gasteiger partial charge in [-0.15, -0.1) is 0 Å². The van der Waals surface area contributed by atoms with Gasteiger partial charge in [-0.1, -0.05) is 66.2 Å². The average molecular weight is 511 g/mol. The highest BCUT2D eigenvalue weighted by Gasteiger charge is 2.62. The Bertz CT molecular complexity index is 1320. The molecule has 1 saturated heterocycles. The van der Waals surface area contributed by atoms with Crippen LogP contribution >= 0.6 is 11.8 Å². The maximum atomic E-state index is 14.2. The van der Waals surface area contributed by atoms with E-state index in [1.807, 2.05) is 62.6 Å². The van der Waals surface area contributed by atoms with E-state index in [2.05, 4.69) is 29.6 Å². The largest absolute Gasteiger partial charge is 0.324 e. The van der Waals surface area contributed by atoms with Crippen LogP contribution in [0.2, 0.25) is 0 Å². The van der Waals surface area contributed by atoms with Gasteiger partial charge in [0.15, 0.2) is 0 Å². The predicted molar refractivity (Wildman–Crippen MR) is 147 cm³/mol. The zero-order chi connectivity index (χ0) is 25.8. The summed E-state index contributed by atoms with van der Waals surface area (Å²) in [7, 11) is 0. The van der Waals surface area contributed by atoms with Crippen LogP contribution in [-0.2, 0) is 14.4 Å². The lowest BCUT2D eigenvalue weighted by molar-refractivity contribution is -0.146. The lowest BCUT2D eigenvalue weighted by atomic mass is 9.55. The quantitative estimate of drug-likeness (QED) is 0.460. The minimum atomic E-state index is -0.843. The first kappa shape index (κ1) is 24.0. The number of likely N-dealkylation sites (tertiary alicyclic amines) is 1. The summed E-state index contributed by atoms with van der Waals surface area (Å²) in [4.78, 5) is 43.3. The van der Waals surface area contributed by atoms with Gasteiger partial charge in [-0.25, -0.2) is 0 Å². The second kappa shape index (κ2) is 9.18. The number of thioether (sulfide) groups is 1. The second-order valence-corrected chi connectivity index (χ2v) is 11.4. The number of hydrogen-bond acceptors (Lipinski definition) is 4. The van der Waals surface area contributed by atoms with Gasteiger partial charge < -0.3 is 5.32 Å². The standard InChI is InChI=1S/C31H30N2O3S/c1-17-12-13-23(18(2)16-17)32-29(34)24(14-15-37-3)33-30(35)27-25-19-8-4-5-9-20(19)26(28(27)31(33)36)22-11-7-6-10-21(22)25/h4-13,16,24-28H,14-15H2,1-3H3,(H,32,34)/t24-,25?,26?,27+,28+/m1/s1. The molecule has 1 fully saturated rings. The molecular weight excluding hydrogens is 480 g/mol. The molecule has 0 saturated carbocycles. The van der Waals surface area contributed by atoms with E-state index in [0.717, 1.165) is 33.4 Å². The fraction of sp³-hybridized carbons (Fsp3) is 0.323. The Hall–Kier alpha value is -3.38. The molecule has 3 atom stereocenters. The van der Waals surface area contributed by atoms with Crippen LogP contribution in [-0.4, -0.2) is 40.7 Å². The minimum absolute atomic E-state index is 0.174. The van der Waals surface area contributed by atoms with Crippen LogP contribution in [0.4, 0.5) is 5.69 Å². The van der Waals surface area contributed by atoms with Crippen molar-refractivity contribution in [3.05, 3.63) is 100 Å². The number of nitrogens with one attached hydrogen (secondary N) is 1. The van der Waals surface area contributed by atoms with Crippen LogP contribution in [0.3, 0.4) is 0 Å². The van der Waals surface area contributed by atoms with Crippen LogP contribution in [0, 0.1) is 25.7 Å². The van der Waals surface area contributed by atoms with E-state index < -0.39 is 17.9 Å². The average Bonchev–Trinajstić information content (AvgIpc) is 3.16. The predicted octanol–water partition coefficient (Wildman–Crippen LogP) is 5.26. The number of aryl methyl sites for hydroxylation is 2. The maximum Gasteiger partial charge on any atom is 0.247 e. The first-order valence-electron chi connectivity index (χ1n) is 12.8. The Labute approximate surface area is 221 Å². The molecule has 3 aromatic carbocycles. The Balaban J connectivity index is 1.40. The first-order chi connectivity index (χ1) is 17.9. The fourth-order valence-electron chi connectivity index (χ4n) is 6.78. The second-order valence-electron chi connectivity index (χ2n) is 10.4. The topological polar surface area (TPSA) is 66.5 Å². The smallest absolute Gasteiger partial charge is 0.247 e. The molecule has 1 N–H and O–H groups in total. The summed E-state index contributed by atoms with van der Waals surface area (Å²) in [5, 5.41) is 3.02. The molecular formula is C31H30N2O3S. The number of amides is 3. The molecule has 3 aliphatic carbocycles. The van der Waals surface area contributed by atoms with Gasteiger partial charge in [-0.2, -0.15) is 11.8 Å². The van der Waals surface area contributed by atoms with Crippen LogP contribution in [0.5, 0.6) is 0 Å². The molecule has 0 radical (unpaired) electrons. The number of anilines is 1. The highest BCUT2D eigenvalue weighted by Crippen LogP contribution is 2.61. The van der Waals surface area contributed by atoms with Crippen molar-refractivity contribution in [2.24, 2.45) is 11.8 Å². The van der Waals surface area contributed by atoms with Gasteiger partial charge in [0, 0.05) is 17.5 Å². The van der Waals surface area contributed by atoms with Crippen molar-refractivity contribution in [3.63, 3.8) is 0 Å². The Morgan fingerprint density at radius 2 is 1.38 bits per heavy atom. The summed E-state index contributed by atoms with van der Waals surface area (Å²) < 4.78 is 0. The molecule has 1 aliphatic heterocycles. The lowest BCUT2D eigenvalue weighted by Gasteiger charge is -2.45. The van der Waals surface area contributed by atoms with Gasteiger partial charge in [0.1, 0.15) is 6.04 Å². The molecule has 188 valence electrons. The number of carbonyl (C=O) groups is 3. The summed E-state index contributed by atoms with van der Waals surface area (Å²) in [5.74, 6) is -1.36. The maximum absolute atomic E-state index is 14.2. The molecule has 3 amide bonds. The molecule has 5 nitrogen and oxygen atoms in total. The summed E-state index contributed by atoms with van der Waals surface area (Å²) in [6, 6.07) is 21.4. The van der Waals surface area contributed by atoms with Gasteiger partial charge in [-0.3, -0.25) is 19.3 Å². The SMILES string of the molecule is CSCC[C@H](C(=O)Nc1ccc(C)cc1C)N1C(=O)[C@H]2C3c4ccccc4C(c4ccccc43)[C@@H]2C1=O. The van der Waals surface area contributed by atoms with Crippen molar-refractivity contribution in [2.75, 3.05) is 17.3 Å². The van der Waals surface area contributed by atoms with Crippen molar-refractivity contribution in [2.45, 2.75) is 38.1 Å². The van der Waals surface area contributed by atoms with Gasteiger partial charge in [-0.05, 0) is 66.2 Å². The molecule has 0 aromatic heterocycles. The third-order valence-corrected chi connectivity index (χ3v) is 8.98. The number of carbonyl (C=O) groups excluding carboxylic acids is 3. The highest BCUT2D eigenvalue weighted by molar-refractivity contribution is 7.98. The Morgan fingerprint density at radius 1 is 0.865 bits per heavy atom. The number of benzene rings is 3. The van der Waals surface area contributed by atoms with Crippen LogP contribution < -0.4 is 5.32 Å². The van der Waals surface area contributed by atoms with Crippen LogP contribution in [0.25, 0.3) is 0 Å². The zero-order valence-electron chi connectivity index (χ0n) is 21.2. The highest BCUT2D eigenvalue weighted by atomic mass is 32.2. The van der Waals surface area contributed by atoms with Crippen molar-refractivity contribution < 1.29 is 14.4 Å². The number of nitrogens with zero attached hydrogens (tertiary/aromatic N) is 1. The fourth-order valence-corrected chi connectivity index (χ4v) is 7.24. The third kappa shape index (κ3) is 3.64. The third-order valence-electron chi connectivity index (χ3n) is 8.33. The van der Waals surface area contributed by atoms with E-state index in [9.17, 15) is 14.4 Å². The van der Waals surface area contributed by atoms with E-state index in [1.54, 1.807) is 11.8 Å². The summed E-state index contributed by atoms with van der Waals surface area (Å²) in [6.07, 6.45) is 2.39. The molecule has 6 heteroatoms. The molecule has 2 bridgehead atoms. The molecule has 4 aliphatic rings. The lowest BCUT2D eigenvalue weighted by Crippen LogP contribution is -2.48. The number of hydrogen-bond donors (Lipinski definition) is 1. The van der Waals surface area contributed by atoms with E-state index in [4.69, 9.17) is 0 Å². The number of imide groups is 1. The van der Waals surface area contributed by atoms with Crippen LogP contribution in [0.1, 0.15) is 51.6 Å². The molecule has 1 heterocycles. The van der Waals surface area contributed by atoms with E-state index in [1.165, 1.54) is 4.90 Å². The first-order valence-corrected chi connectivity index (χ1v) is 14.2. The summed E-state index contributed by atoms with van der Waals surface area (Å²) in [5.41, 5.74) is 7.31. The summed E-state index contributed by atoms with van der Waals surface area (Å²) in [6.45, 7) is 3.96. The molecule has 3 aromatic rings. The van der Waals surface area contributed by atoms with Crippen molar-refractivity contribution >= 4 is 35.2 Å². The monoisotopic (exact) mass is 510 g/mol. The van der Waals surface area contributed by atoms with E-state index in [0.29, 0.717) is 17.9 Å². The van der Waals surface area contributed by atoms with Crippen molar-refractivity contribution in [3.8, 4) is 0 Å². The van der Waals surface area contributed by atoms with Crippen LogP contribution in [0.15, 0.2) is 66.7 Å². The number of rotatable bonds is 6. The van der Waals surface area contributed by atoms with Gasteiger partial charge in [0.2, 0.25) is 17.7 Å². The van der Waals surface area contributed by atoms with Gasteiger partial charge in [0.25, 0.3) is 0 Å². The van der Waals surface area contributed by atoms with E-state index >= 15 is 0 Å². The molecule has 7 rings (SSSR count). The van der Waals surface area contributed by atoms with E-state index in [-0.39, 0.29) is 29.6 Å². The summed E-state index contributed by atoms with van der Waals surface area (Å²) >= 11 is 1.61. The Morgan fingerprint density at radius 3 is 1.84 bits per heavy atom. The molecule has 0 unspecified atom stereocenters. The Kier molecular flexibility index (Phi) is 5.95. The normalized spacial score (nSPS) is 23.9. The molecule has 37 heavy (non-hydrogen) atoms. The molecule has 0 spiro atoms. The van der Waals surface area contributed by atoms with Crippen molar-refractivity contribution in [1.82, 2.24) is 4.90 Å². The van der Waals surface area contributed by atoms with Gasteiger partial charge >= 0.3 is 0 Å².